The van der Waals surface area contributed by atoms with E-state index in [0.717, 1.165) is 0 Å². The van der Waals surface area contributed by atoms with Gasteiger partial charge >= 0.3 is 5.97 Å². The van der Waals surface area contributed by atoms with Gasteiger partial charge in [0.1, 0.15) is 6.04 Å². The van der Waals surface area contributed by atoms with Crippen LogP contribution in [-0.4, -0.2) is 38.1 Å². The summed E-state index contributed by atoms with van der Waals surface area (Å²) in [5.41, 5.74) is 7.31. The second-order valence-corrected chi connectivity index (χ2v) is 4.68. The molecule has 1 amide bonds. The average Bonchev–Trinajstić information content (AvgIpc) is 2.46. The summed E-state index contributed by atoms with van der Waals surface area (Å²) in [6.07, 6.45) is 0.664. The third kappa shape index (κ3) is 2.54. The first-order chi connectivity index (χ1) is 9.58. The van der Waals surface area contributed by atoms with Crippen molar-refractivity contribution >= 4 is 23.3 Å². The number of piperazine rings is 1. The van der Waals surface area contributed by atoms with E-state index in [-0.39, 0.29) is 11.9 Å². The number of hydrogen-bond donors (Lipinski definition) is 2. The minimum atomic E-state index is -0.451. The van der Waals surface area contributed by atoms with E-state index in [1.54, 1.807) is 18.2 Å². The molecule has 1 aliphatic heterocycles. The number of rotatable bonds is 3. The molecule has 108 valence electrons. The number of nitrogens with zero attached hydrogens (tertiary/aromatic N) is 1. The molecule has 1 heterocycles. The Kier molecular flexibility index (Phi) is 4.12. The SMILES string of the molecule is CCC1C(=O)NCCN1c1ccc(N)cc1C(=O)OC. The highest BCUT2D eigenvalue weighted by molar-refractivity contribution is 5.98. The van der Waals surface area contributed by atoms with Crippen LogP contribution in [0.4, 0.5) is 11.4 Å². The third-order valence-electron chi connectivity index (χ3n) is 3.45. The maximum Gasteiger partial charge on any atom is 0.340 e. The molecule has 1 saturated heterocycles. The monoisotopic (exact) mass is 277 g/mol. The van der Waals surface area contributed by atoms with Gasteiger partial charge in [0, 0.05) is 18.8 Å². The molecule has 1 fully saturated rings. The fourth-order valence-electron chi connectivity index (χ4n) is 2.49. The van der Waals surface area contributed by atoms with E-state index >= 15 is 0 Å². The van der Waals surface area contributed by atoms with Crippen molar-refractivity contribution in [2.45, 2.75) is 19.4 Å². The molecule has 0 aliphatic carbocycles. The summed E-state index contributed by atoms with van der Waals surface area (Å²) in [5.74, 6) is -0.473. The molecule has 1 aromatic rings. The van der Waals surface area contributed by atoms with E-state index in [1.165, 1.54) is 7.11 Å². The second kappa shape index (κ2) is 5.81. The topological polar surface area (TPSA) is 84.7 Å². The van der Waals surface area contributed by atoms with Gasteiger partial charge in [0.2, 0.25) is 5.91 Å². The van der Waals surface area contributed by atoms with Crippen molar-refractivity contribution in [3.8, 4) is 0 Å². The molecule has 0 saturated carbocycles. The summed E-state index contributed by atoms with van der Waals surface area (Å²) in [7, 11) is 1.33. The zero-order chi connectivity index (χ0) is 14.7. The number of anilines is 2. The van der Waals surface area contributed by atoms with Crippen LogP contribution in [0.1, 0.15) is 23.7 Å². The fourth-order valence-corrected chi connectivity index (χ4v) is 2.49. The highest BCUT2D eigenvalue weighted by Crippen LogP contribution is 2.27. The zero-order valence-corrected chi connectivity index (χ0v) is 11.7. The van der Waals surface area contributed by atoms with Crippen molar-refractivity contribution in [3.05, 3.63) is 23.8 Å². The first kappa shape index (κ1) is 14.2. The lowest BCUT2D eigenvalue weighted by Gasteiger charge is -2.37. The van der Waals surface area contributed by atoms with Crippen molar-refractivity contribution < 1.29 is 14.3 Å². The molecule has 6 heteroatoms. The van der Waals surface area contributed by atoms with Crippen LogP contribution in [0.5, 0.6) is 0 Å². The van der Waals surface area contributed by atoms with Gasteiger partial charge in [0.05, 0.1) is 18.4 Å². The molecule has 0 radical (unpaired) electrons. The van der Waals surface area contributed by atoms with E-state index in [4.69, 9.17) is 10.5 Å². The number of hydrogen-bond acceptors (Lipinski definition) is 5. The zero-order valence-electron chi connectivity index (χ0n) is 11.7. The van der Waals surface area contributed by atoms with Crippen LogP contribution < -0.4 is 16.0 Å². The number of nitrogens with one attached hydrogen (secondary N) is 1. The van der Waals surface area contributed by atoms with Crippen molar-refractivity contribution in [3.63, 3.8) is 0 Å². The molecule has 0 bridgehead atoms. The van der Waals surface area contributed by atoms with Gasteiger partial charge in [-0.1, -0.05) is 6.92 Å². The molecule has 2 rings (SSSR count). The summed E-state index contributed by atoms with van der Waals surface area (Å²) in [6.45, 7) is 3.15. The van der Waals surface area contributed by atoms with Crippen LogP contribution in [0, 0.1) is 0 Å². The number of carbonyl (C=O) groups excluding carboxylic acids is 2. The molecule has 6 nitrogen and oxygen atoms in total. The molecule has 1 unspecified atom stereocenters. The van der Waals surface area contributed by atoms with Gasteiger partial charge in [0.15, 0.2) is 0 Å². The molecule has 1 aliphatic rings. The van der Waals surface area contributed by atoms with Crippen LogP contribution in [0.25, 0.3) is 0 Å². The minimum absolute atomic E-state index is 0.0219. The summed E-state index contributed by atoms with van der Waals surface area (Å²) in [6, 6.07) is 4.79. The third-order valence-corrected chi connectivity index (χ3v) is 3.45. The first-order valence-corrected chi connectivity index (χ1v) is 6.60. The smallest absolute Gasteiger partial charge is 0.340 e. The maximum atomic E-state index is 11.9. The van der Waals surface area contributed by atoms with E-state index in [2.05, 4.69) is 5.32 Å². The molecular weight excluding hydrogens is 258 g/mol. The molecular formula is C14H19N3O3. The number of methoxy groups -OCH3 is 1. The predicted octanol–water partition coefficient (Wildman–Crippen LogP) is 0.770. The Labute approximate surface area is 117 Å². The van der Waals surface area contributed by atoms with E-state index in [1.807, 2.05) is 11.8 Å². The van der Waals surface area contributed by atoms with Crippen molar-refractivity contribution in [2.75, 3.05) is 30.8 Å². The van der Waals surface area contributed by atoms with Gasteiger partial charge in [0.25, 0.3) is 0 Å². The first-order valence-electron chi connectivity index (χ1n) is 6.60. The Morgan fingerprint density at radius 2 is 2.30 bits per heavy atom. The van der Waals surface area contributed by atoms with Gasteiger partial charge in [-0.05, 0) is 24.6 Å². The second-order valence-electron chi connectivity index (χ2n) is 4.68. The number of amides is 1. The number of ether oxygens (including phenoxy) is 1. The Bertz CT molecular complexity index is 530. The van der Waals surface area contributed by atoms with Gasteiger partial charge < -0.3 is 20.7 Å². The molecule has 0 aromatic heterocycles. The quantitative estimate of drug-likeness (QED) is 0.629. The van der Waals surface area contributed by atoms with Gasteiger partial charge in [-0.2, -0.15) is 0 Å². The Balaban J connectivity index is 2.45. The number of carbonyl (C=O) groups is 2. The summed E-state index contributed by atoms with van der Waals surface area (Å²) in [5, 5.41) is 2.84. The van der Waals surface area contributed by atoms with Crippen LogP contribution in [0.15, 0.2) is 18.2 Å². The lowest BCUT2D eigenvalue weighted by molar-refractivity contribution is -0.123. The number of nitrogen functional groups attached to an aromatic ring is 1. The molecule has 1 aromatic carbocycles. The largest absolute Gasteiger partial charge is 0.465 e. The average molecular weight is 277 g/mol. The minimum Gasteiger partial charge on any atom is -0.465 e. The number of nitrogens with two attached hydrogens (primary N) is 1. The Morgan fingerprint density at radius 1 is 1.55 bits per heavy atom. The Hall–Kier alpha value is -2.24. The number of esters is 1. The molecule has 20 heavy (non-hydrogen) atoms. The fraction of sp³-hybridized carbons (Fsp3) is 0.429. The molecule has 0 spiro atoms. The normalized spacial score (nSPS) is 18.6. The van der Waals surface area contributed by atoms with Crippen molar-refractivity contribution in [1.29, 1.82) is 0 Å². The van der Waals surface area contributed by atoms with Gasteiger partial charge in [-0.15, -0.1) is 0 Å². The highest BCUT2D eigenvalue weighted by atomic mass is 16.5. The van der Waals surface area contributed by atoms with E-state index < -0.39 is 5.97 Å². The summed E-state index contributed by atoms with van der Waals surface area (Å²) in [4.78, 5) is 25.8. The van der Waals surface area contributed by atoms with E-state index in [0.29, 0.717) is 36.4 Å². The summed E-state index contributed by atoms with van der Waals surface area (Å²) < 4.78 is 4.80. The van der Waals surface area contributed by atoms with Crippen molar-refractivity contribution in [2.24, 2.45) is 0 Å². The Morgan fingerprint density at radius 3 is 2.95 bits per heavy atom. The van der Waals surface area contributed by atoms with E-state index in [9.17, 15) is 9.59 Å². The lowest BCUT2D eigenvalue weighted by Crippen LogP contribution is -2.55. The predicted molar refractivity (Wildman–Crippen MR) is 76.6 cm³/mol. The molecule has 1 atom stereocenters. The molecule has 3 N–H and O–H groups in total. The van der Waals surface area contributed by atoms with Crippen LogP contribution in [0.2, 0.25) is 0 Å². The maximum absolute atomic E-state index is 11.9. The highest BCUT2D eigenvalue weighted by Gasteiger charge is 2.30. The van der Waals surface area contributed by atoms with Gasteiger partial charge in [-0.25, -0.2) is 4.79 Å². The lowest BCUT2D eigenvalue weighted by atomic mass is 10.0. The van der Waals surface area contributed by atoms with Crippen LogP contribution in [0.3, 0.4) is 0 Å². The van der Waals surface area contributed by atoms with Gasteiger partial charge in [-0.3, -0.25) is 4.79 Å². The standard InChI is InChI=1S/C14H19N3O3/c1-3-11-13(18)16-6-7-17(11)12-5-4-9(15)8-10(12)14(19)20-2/h4-5,8,11H,3,6-7,15H2,1-2H3,(H,16,18). The van der Waals surface area contributed by atoms with Crippen LogP contribution >= 0.6 is 0 Å². The van der Waals surface area contributed by atoms with Crippen LogP contribution in [-0.2, 0) is 9.53 Å². The number of benzene rings is 1. The summed E-state index contributed by atoms with van der Waals surface area (Å²) >= 11 is 0. The van der Waals surface area contributed by atoms with Crippen molar-refractivity contribution in [1.82, 2.24) is 5.32 Å².